The van der Waals surface area contributed by atoms with Gasteiger partial charge in [0.15, 0.2) is 0 Å². The molecule has 1 heterocycles. The number of β-amino-alcohol motifs (C(OH)–C–C–N with tert-alkyl or cyclic N) is 1. The number of fused-ring (bicyclic) bond motifs is 1. The normalized spacial score (nSPS) is 47.2. The summed E-state index contributed by atoms with van der Waals surface area (Å²) >= 11 is 0. The van der Waals surface area contributed by atoms with E-state index in [-0.39, 0.29) is 65.4 Å². The molecule has 176 valence electrons. The fourth-order valence-electron chi connectivity index (χ4n) is 9.34. The number of likely N-dealkylation sites (tertiary alicyclic amines) is 1. The molecule has 2 N–H and O–H groups in total. The van der Waals surface area contributed by atoms with Crippen LogP contribution in [0, 0.1) is 51.8 Å². The summed E-state index contributed by atoms with van der Waals surface area (Å²) in [5.41, 5.74) is 0.0547. The quantitative estimate of drug-likeness (QED) is 0.512. The summed E-state index contributed by atoms with van der Waals surface area (Å²) in [4.78, 5) is 40.7. The second-order valence-corrected chi connectivity index (χ2v) is 12.0. The first-order valence-electron chi connectivity index (χ1n) is 12.4. The van der Waals surface area contributed by atoms with Crippen LogP contribution in [0.5, 0.6) is 0 Å². The van der Waals surface area contributed by atoms with E-state index in [0.717, 1.165) is 32.1 Å². The van der Waals surface area contributed by atoms with Crippen LogP contribution >= 0.6 is 0 Å². The second-order valence-electron chi connectivity index (χ2n) is 12.0. The van der Waals surface area contributed by atoms with Crippen molar-refractivity contribution < 1.29 is 24.6 Å². The van der Waals surface area contributed by atoms with Crippen LogP contribution in [-0.4, -0.2) is 46.0 Å². The minimum Gasteiger partial charge on any atom is -0.481 e. The maximum absolute atomic E-state index is 13.6. The number of rotatable bonds is 4. The molecule has 32 heavy (non-hydrogen) atoms. The Labute approximate surface area is 190 Å². The van der Waals surface area contributed by atoms with Gasteiger partial charge in [-0.3, -0.25) is 19.3 Å². The number of allylic oxidation sites excluding steroid dienone is 2. The number of aliphatic hydroxyl groups is 1. The van der Waals surface area contributed by atoms with Crippen molar-refractivity contribution in [3.05, 3.63) is 11.6 Å². The fourth-order valence-corrected chi connectivity index (χ4v) is 9.34. The van der Waals surface area contributed by atoms with Gasteiger partial charge in [0.2, 0.25) is 11.8 Å². The highest BCUT2D eigenvalue weighted by Crippen LogP contribution is 2.74. The van der Waals surface area contributed by atoms with Crippen LogP contribution in [0.25, 0.3) is 0 Å². The predicted octanol–water partition coefficient (Wildman–Crippen LogP) is 3.49. The minimum absolute atomic E-state index is 0.0422. The Morgan fingerprint density at radius 1 is 1.16 bits per heavy atom. The van der Waals surface area contributed by atoms with Crippen molar-refractivity contribution in [2.24, 2.45) is 51.8 Å². The van der Waals surface area contributed by atoms with Crippen LogP contribution in [0.4, 0.5) is 0 Å². The summed E-state index contributed by atoms with van der Waals surface area (Å²) in [5, 5.41) is 19.7. The number of aliphatic hydroxyl groups excluding tert-OH is 1. The van der Waals surface area contributed by atoms with E-state index in [1.807, 2.05) is 6.92 Å². The Morgan fingerprint density at radius 2 is 1.88 bits per heavy atom. The standard InChI is InChI=1S/C26H37NO5/c1-14(2)16-13-26-9-6-17-24(3,7-5-8-25(17,4)23(31)32)18(26)12-15(16)19-20(26)22(30)27(10-11-28)21(19)29/h13-15,17-20,28H,5-12H2,1-4H3,(H,31,32)/t15?,17?,18?,19-,20+,24+,25-,26?/m1/s1. The van der Waals surface area contributed by atoms with Gasteiger partial charge in [0.25, 0.3) is 0 Å². The third-order valence-corrected chi connectivity index (χ3v) is 10.6. The molecule has 1 saturated heterocycles. The molecule has 2 bridgehead atoms. The number of aliphatic carboxylic acids is 1. The Kier molecular flexibility index (Phi) is 4.78. The van der Waals surface area contributed by atoms with Crippen molar-refractivity contribution in [1.82, 2.24) is 4.90 Å². The molecule has 5 aliphatic carbocycles. The smallest absolute Gasteiger partial charge is 0.309 e. The van der Waals surface area contributed by atoms with Crippen LogP contribution in [0.15, 0.2) is 11.6 Å². The lowest BCUT2D eigenvalue weighted by molar-refractivity contribution is -0.194. The molecule has 0 aromatic rings. The number of hydrogen-bond acceptors (Lipinski definition) is 4. The second kappa shape index (κ2) is 6.91. The molecule has 4 fully saturated rings. The van der Waals surface area contributed by atoms with E-state index >= 15 is 0 Å². The van der Waals surface area contributed by atoms with Crippen LogP contribution in [0.2, 0.25) is 0 Å². The molecule has 4 unspecified atom stereocenters. The number of imide groups is 1. The third-order valence-electron chi connectivity index (χ3n) is 10.6. The van der Waals surface area contributed by atoms with E-state index < -0.39 is 11.4 Å². The molecule has 6 nitrogen and oxygen atoms in total. The van der Waals surface area contributed by atoms with Crippen LogP contribution in [0.3, 0.4) is 0 Å². The van der Waals surface area contributed by atoms with Gasteiger partial charge >= 0.3 is 5.97 Å². The highest BCUT2D eigenvalue weighted by atomic mass is 16.4. The largest absolute Gasteiger partial charge is 0.481 e. The number of hydrogen-bond donors (Lipinski definition) is 2. The first-order valence-corrected chi connectivity index (χ1v) is 12.4. The van der Waals surface area contributed by atoms with Gasteiger partial charge in [0, 0.05) is 5.41 Å². The maximum atomic E-state index is 13.6. The van der Waals surface area contributed by atoms with Crippen LogP contribution in [0.1, 0.15) is 66.2 Å². The Hall–Kier alpha value is -1.69. The summed E-state index contributed by atoms with van der Waals surface area (Å²) in [5.74, 6) is -0.918. The van der Waals surface area contributed by atoms with E-state index in [0.29, 0.717) is 12.3 Å². The molecular weight excluding hydrogens is 406 g/mol. The van der Waals surface area contributed by atoms with Crippen molar-refractivity contribution >= 4 is 17.8 Å². The van der Waals surface area contributed by atoms with Gasteiger partial charge in [-0.25, -0.2) is 0 Å². The average Bonchev–Trinajstić information content (AvgIpc) is 3.00. The van der Waals surface area contributed by atoms with Crippen LogP contribution in [-0.2, 0) is 14.4 Å². The van der Waals surface area contributed by atoms with E-state index in [4.69, 9.17) is 0 Å². The molecule has 6 rings (SSSR count). The van der Waals surface area contributed by atoms with Crippen LogP contribution < -0.4 is 0 Å². The van der Waals surface area contributed by atoms with Crippen molar-refractivity contribution in [1.29, 1.82) is 0 Å². The number of carboxylic acids is 1. The predicted molar refractivity (Wildman–Crippen MR) is 118 cm³/mol. The zero-order chi connectivity index (χ0) is 23.2. The van der Waals surface area contributed by atoms with E-state index in [9.17, 15) is 24.6 Å². The first-order chi connectivity index (χ1) is 15.0. The lowest BCUT2D eigenvalue weighted by Crippen LogP contribution is -2.65. The molecule has 1 spiro atoms. The van der Waals surface area contributed by atoms with Crippen molar-refractivity contribution in [3.63, 3.8) is 0 Å². The highest BCUT2D eigenvalue weighted by Gasteiger charge is 2.73. The van der Waals surface area contributed by atoms with E-state index in [1.54, 1.807) is 0 Å². The van der Waals surface area contributed by atoms with Gasteiger partial charge in [0.1, 0.15) is 0 Å². The Morgan fingerprint density at radius 3 is 2.50 bits per heavy atom. The zero-order valence-corrected chi connectivity index (χ0v) is 19.8. The minimum atomic E-state index is -0.728. The third kappa shape index (κ3) is 2.48. The molecule has 0 radical (unpaired) electrons. The molecule has 2 amide bonds. The topological polar surface area (TPSA) is 94.9 Å². The SMILES string of the molecule is CC(C)C1=CC23CCC4[C@](C)(CCC[C@@]4(C)C(=O)O)C2CC1[C@H]1C(=O)N(CCO)C(=O)[C@H]13. The maximum Gasteiger partial charge on any atom is 0.309 e. The van der Waals surface area contributed by atoms with E-state index in [2.05, 4.69) is 26.8 Å². The van der Waals surface area contributed by atoms with Crippen molar-refractivity contribution in [2.45, 2.75) is 66.2 Å². The Balaban J connectivity index is 1.65. The van der Waals surface area contributed by atoms with Gasteiger partial charge in [-0.1, -0.05) is 38.8 Å². The number of carboxylic acid groups (broad SMARTS) is 1. The first kappa shape index (κ1) is 22.1. The van der Waals surface area contributed by atoms with Gasteiger partial charge in [-0.2, -0.15) is 0 Å². The summed E-state index contributed by atoms with van der Waals surface area (Å²) in [7, 11) is 0. The monoisotopic (exact) mass is 443 g/mol. The number of carbonyl (C=O) groups is 3. The van der Waals surface area contributed by atoms with Crippen molar-refractivity contribution in [3.8, 4) is 0 Å². The summed E-state index contributed by atoms with van der Waals surface area (Å²) in [6.45, 7) is 8.44. The highest BCUT2D eigenvalue weighted by molar-refractivity contribution is 6.06. The lowest BCUT2D eigenvalue weighted by Gasteiger charge is -2.68. The average molecular weight is 444 g/mol. The van der Waals surface area contributed by atoms with Gasteiger partial charge in [-0.05, 0) is 68.1 Å². The zero-order valence-electron chi connectivity index (χ0n) is 19.8. The lowest BCUT2D eigenvalue weighted by atomic mass is 9.34. The molecule has 0 aromatic heterocycles. The van der Waals surface area contributed by atoms with Gasteiger partial charge < -0.3 is 10.2 Å². The summed E-state index contributed by atoms with van der Waals surface area (Å²) in [6.07, 6.45) is 7.42. The molecule has 8 atom stereocenters. The summed E-state index contributed by atoms with van der Waals surface area (Å²) < 4.78 is 0. The van der Waals surface area contributed by atoms with Crippen molar-refractivity contribution in [2.75, 3.05) is 13.2 Å². The molecule has 6 heteroatoms. The van der Waals surface area contributed by atoms with Gasteiger partial charge in [-0.15, -0.1) is 0 Å². The number of carbonyl (C=O) groups excluding carboxylic acids is 2. The molecule has 0 aromatic carbocycles. The summed E-state index contributed by atoms with van der Waals surface area (Å²) in [6, 6.07) is 0. The van der Waals surface area contributed by atoms with Gasteiger partial charge in [0.05, 0.1) is 30.4 Å². The number of nitrogens with zero attached hydrogens (tertiary/aromatic N) is 1. The molecular formula is C26H37NO5. The molecule has 3 saturated carbocycles. The Bertz CT molecular complexity index is 910. The van der Waals surface area contributed by atoms with E-state index in [1.165, 1.54) is 10.5 Å². The molecule has 1 aliphatic heterocycles. The fraction of sp³-hybridized carbons (Fsp3) is 0.808. The number of amides is 2. The molecule has 6 aliphatic rings.